The van der Waals surface area contributed by atoms with E-state index in [0.29, 0.717) is 13.0 Å². The predicted octanol–water partition coefficient (Wildman–Crippen LogP) is 0.441. The van der Waals surface area contributed by atoms with Gasteiger partial charge in [0.25, 0.3) is 0 Å². The summed E-state index contributed by atoms with van der Waals surface area (Å²) in [5.41, 5.74) is -0.200. The minimum atomic E-state index is -0.299. The lowest BCUT2D eigenvalue weighted by molar-refractivity contribution is -0.137. The molecule has 4 heteroatoms. The third kappa shape index (κ3) is 1.88. The summed E-state index contributed by atoms with van der Waals surface area (Å²) >= 11 is 0. The molecule has 2 aliphatic rings. The molecule has 1 aliphatic carbocycles. The molecule has 3 atom stereocenters. The first-order valence-electron chi connectivity index (χ1n) is 5.62. The average Bonchev–Trinajstić information content (AvgIpc) is 2.70. The molecule has 15 heavy (non-hydrogen) atoms. The summed E-state index contributed by atoms with van der Waals surface area (Å²) in [6, 6.07) is 0.0872. The highest BCUT2D eigenvalue weighted by molar-refractivity contribution is 5.81. The van der Waals surface area contributed by atoms with Gasteiger partial charge >= 0.3 is 0 Å². The van der Waals surface area contributed by atoms with Crippen molar-refractivity contribution in [2.75, 3.05) is 6.61 Å². The van der Waals surface area contributed by atoms with Crippen molar-refractivity contribution < 1.29 is 14.6 Å². The van der Waals surface area contributed by atoms with Crippen LogP contribution in [-0.4, -0.2) is 35.9 Å². The second kappa shape index (κ2) is 3.76. The Morgan fingerprint density at radius 3 is 2.73 bits per heavy atom. The molecule has 0 spiro atoms. The molecule has 1 amide bonds. The molecule has 0 aromatic rings. The maximum atomic E-state index is 11.7. The van der Waals surface area contributed by atoms with Crippen molar-refractivity contribution in [2.45, 2.75) is 51.4 Å². The first kappa shape index (κ1) is 10.9. The third-order valence-electron chi connectivity index (χ3n) is 3.75. The van der Waals surface area contributed by atoms with Crippen molar-refractivity contribution in [3.8, 4) is 0 Å². The van der Waals surface area contributed by atoms with Gasteiger partial charge in [-0.25, -0.2) is 0 Å². The van der Waals surface area contributed by atoms with Crippen LogP contribution in [0.1, 0.15) is 33.1 Å². The zero-order valence-corrected chi connectivity index (χ0v) is 9.32. The number of carbonyl (C=O) groups is 1. The zero-order valence-electron chi connectivity index (χ0n) is 9.32. The largest absolute Gasteiger partial charge is 0.392 e. The number of aliphatic hydroxyl groups excluding tert-OH is 1. The normalized spacial score (nSPS) is 38.5. The Morgan fingerprint density at radius 2 is 2.27 bits per heavy atom. The molecule has 1 heterocycles. The number of ether oxygens (including phenoxy) is 1. The maximum absolute atomic E-state index is 11.7. The fourth-order valence-electron chi connectivity index (χ4n) is 2.20. The highest BCUT2D eigenvalue weighted by Gasteiger charge is 2.48. The van der Waals surface area contributed by atoms with E-state index in [1.54, 1.807) is 0 Å². The van der Waals surface area contributed by atoms with Gasteiger partial charge in [0.15, 0.2) is 0 Å². The molecule has 2 rings (SSSR count). The fraction of sp³-hybridized carbons (Fsp3) is 0.909. The lowest BCUT2D eigenvalue weighted by atomic mass is 9.64. The highest BCUT2D eigenvalue weighted by atomic mass is 16.5. The Hall–Kier alpha value is -0.610. The third-order valence-corrected chi connectivity index (χ3v) is 3.75. The van der Waals surface area contributed by atoms with E-state index in [1.807, 2.05) is 13.8 Å². The number of nitrogens with one attached hydrogen (secondary N) is 1. The highest BCUT2D eigenvalue weighted by Crippen LogP contribution is 2.40. The van der Waals surface area contributed by atoms with Gasteiger partial charge in [0.05, 0.1) is 6.10 Å². The zero-order chi connectivity index (χ0) is 11.1. The standard InChI is InChI=1S/C11H19NO3/c1-11(2)8(6-9(11)13)12-10(14)7-4-3-5-15-7/h7-9,13H,3-6H2,1-2H3,(H,12,14)/t7-,8?,9?/m1/s1. The van der Waals surface area contributed by atoms with E-state index >= 15 is 0 Å². The minimum Gasteiger partial charge on any atom is -0.392 e. The molecule has 1 saturated carbocycles. The SMILES string of the molecule is CC1(C)C(O)CC1NC(=O)[C@H]1CCCO1. The van der Waals surface area contributed by atoms with Crippen LogP contribution in [0.15, 0.2) is 0 Å². The summed E-state index contributed by atoms with van der Waals surface area (Å²) in [6.45, 7) is 4.64. The molecule has 86 valence electrons. The maximum Gasteiger partial charge on any atom is 0.249 e. The minimum absolute atomic E-state index is 0.0162. The molecule has 0 bridgehead atoms. The molecule has 0 radical (unpaired) electrons. The Bertz CT molecular complexity index is 259. The number of aliphatic hydroxyl groups is 1. The van der Waals surface area contributed by atoms with Gasteiger partial charge in [0.2, 0.25) is 5.91 Å². The van der Waals surface area contributed by atoms with Gasteiger partial charge in [0, 0.05) is 18.1 Å². The van der Waals surface area contributed by atoms with E-state index in [4.69, 9.17) is 4.74 Å². The summed E-state index contributed by atoms with van der Waals surface area (Å²) in [4.78, 5) is 11.7. The van der Waals surface area contributed by atoms with Crippen molar-refractivity contribution in [3.05, 3.63) is 0 Å². The molecule has 4 nitrogen and oxygen atoms in total. The van der Waals surface area contributed by atoms with E-state index in [0.717, 1.165) is 12.8 Å². The van der Waals surface area contributed by atoms with Crippen molar-refractivity contribution in [1.82, 2.24) is 5.32 Å². The van der Waals surface area contributed by atoms with E-state index in [2.05, 4.69) is 5.32 Å². The smallest absolute Gasteiger partial charge is 0.249 e. The summed E-state index contributed by atoms with van der Waals surface area (Å²) in [5, 5.41) is 12.5. The lowest BCUT2D eigenvalue weighted by Crippen LogP contribution is -2.62. The summed E-state index contributed by atoms with van der Waals surface area (Å²) in [7, 11) is 0. The van der Waals surface area contributed by atoms with Crippen LogP contribution in [0, 0.1) is 5.41 Å². The number of hydrogen-bond acceptors (Lipinski definition) is 3. The molecule has 0 aromatic heterocycles. The Labute approximate surface area is 90.0 Å². The van der Waals surface area contributed by atoms with Crippen LogP contribution in [0.2, 0.25) is 0 Å². The number of amides is 1. The quantitative estimate of drug-likeness (QED) is 0.700. The topological polar surface area (TPSA) is 58.6 Å². The molecule has 2 fully saturated rings. The van der Waals surface area contributed by atoms with Gasteiger partial charge in [-0.05, 0) is 19.3 Å². The second-order valence-electron chi connectivity index (χ2n) is 5.14. The molecule has 0 aromatic carbocycles. The molecular formula is C11H19NO3. The van der Waals surface area contributed by atoms with Crippen molar-refractivity contribution in [3.63, 3.8) is 0 Å². The lowest BCUT2D eigenvalue weighted by Gasteiger charge is -2.49. The summed E-state index contributed by atoms with van der Waals surface area (Å²) in [5.74, 6) is -0.0162. The predicted molar refractivity (Wildman–Crippen MR) is 55.3 cm³/mol. The number of hydrogen-bond donors (Lipinski definition) is 2. The van der Waals surface area contributed by atoms with Crippen LogP contribution in [0.3, 0.4) is 0 Å². The van der Waals surface area contributed by atoms with Crippen LogP contribution in [0.25, 0.3) is 0 Å². The van der Waals surface area contributed by atoms with E-state index in [9.17, 15) is 9.90 Å². The van der Waals surface area contributed by atoms with Gasteiger partial charge < -0.3 is 15.2 Å². The Balaban J connectivity index is 1.85. The van der Waals surface area contributed by atoms with Gasteiger partial charge in [0.1, 0.15) is 6.10 Å². The number of rotatable bonds is 2. The fourth-order valence-corrected chi connectivity index (χ4v) is 2.20. The number of carbonyl (C=O) groups excluding carboxylic acids is 1. The Kier molecular flexibility index (Phi) is 2.73. The molecule has 2 unspecified atom stereocenters. The second-order valence-corrected chi connectivity index (χ2v) is 5.14. The van der Waals surface area contributed by atoms with Crippen molar-refractivity contribution >= 4 is 5.91 Å². The van der Waals surface area contributed by atoms with Crippen LogP contribution >= 0.6 is 0 Å². The van der Waals surface area contributed by atoms with Crippen molar-refractivity contribution in [1.29, 1.82) is 0 Å². The van der Waals surface area contributed by atoms with E-state index < -0.39 is 0 Å². The molecule has 1 saturated heterocycles. The van der Waals surface area contributed by atoms with Gasteiger partial charge in [-0.3, -0.25) is 4.79 Å². The average molecular weight is 213 g/mol. The van der Waals surface area contributed by atoms with E-state index in [-0.39, 0.29) is 29.6 Å². The first-order chi connectivity index (χ1) is 7.01. The van der Waals surface area contributed by atoms with Gasteiger partial charge in [-0.15, -0.1) is 0 Å². The van der Waals surface area contributed by atoms with Gasteiger partial charge in [-0.2, -0.15) is 0 Å². The van der Waals surface area contributed by atoms with Crippen LogP contribution in [0.5, 0.6) is 0 Å². The van der Waals surface area contributed by atoms with Crippen LogP contribution < -0.4 is 5.32 Å². The summed E-state index contributed by atoms with van der Waals surface area (Å²) < 4.78 is 5.30. The first-order valence-corrected chi connectivity index (χ1v) is 5.62. The molecule has 2 N–H and O–H groups in total. The van der Waals surface area contributed by atoms with E-state index in [1.165, 1.54) is 0 Å². The Morgan fingerprint density at radius 1 is 1.53 bits per heavy atom. The monoisotopic (exact) mass is 213 g/mol. The summed E-state index contributed by atoms with van der Waals surface area (Å²) in [6.07, 6.45) is 1.88. The van der Waals surface area contributed by atoms with Crippen LogP contribution in [-0.2, 0) is 9.53 Å². The van der Waals surface area contributed by atoms with Crippen LogP contribution in [0.4, 0.5) is 0 Å². The van der Waals surface area contributed by atoms with Gasteiger partial charge in [-0.1, -0.05) is 13.8 Å². The molecular weight excluding hydrogens is 194 g/mol. The van der Waals surface area contributed by atoms with Crippen molar-refractivity contribution in [2.24, 2.45) is 5.41 Å². The molecule has 1 aliphatic heterocycles.